The first-order valence-electron chi connectivity index (χ1n) is 9.96. The van der Waals surface area contributed by atoms with E-state index in [0.29, 0.717) is 18.8 Å². The van der Waals surface area contributed by atoms with Crippen LogP contribution in [0.15, 0.2) is 47.4 Å². The first-order valence-corrected chi connectivity index (χ1v) is 12.5. The van der Waals surface area contributed by atoms with Gasteiger partial charge in [-0.1, -0.05) is 32.0 Å². The largest absolute Gasteiger partial charge is 0.370 e. The van der Waals surface area contributed by atoms with Crippen LogP contribution in [0.4, 0.5) is 11.4 Å². The van der Waals surface area contributed by atoms with Gasteiger partial charge < -0.3 is 15.3 Å². The highest BCUT2D eigenvalue weighted by molar-refractivity contribution is 14.1. The minimum Gasteiger partial charge on any atom is -0.370 e. The van der Waals surface area contributed by atoms with Crippen LogP contribution in [0.1, 0.15) is 38.5 Å². The average Bonchev–Trinajstić information content (AvgIpc) is 3.23. The second kappa shape index (κ2) is 9.63. The molecular weight excluding hydrogens is 501 g/mol. The SMILES string of the molecule is CCN(CC)S(=O)(=O)c1ccc(N2CCCC2)c(NC(O)c2ccccc2I)c1. The van der Waals surface area contributed by atoms with Gasteiger partial charge in [-0.2, -0.15) is 4.31 Å². The summed E-state index contributed by atoms with van der Waals surface area (Å²) in [7, 11) is -3.58. The predicted molar refractivity (Wildman–Crippen MR) is 126 cm³/mol. The zero-order valence-electron chi connectivity index (χ0n) is 16.8. The molecule has 8 heteroatoms. The van der Waals surface area contributed by atoms with Crippen LogP contribution >= 0.6 is 22.6 Å². The molecule has 0 amide bonds. The third-order valence-electron chi connectivity index (χ3n) is 5.25. The number of benzene rings is 2. The first-order chi connectivity index (χ1) is 13.9. The van der Waals surface area contributed by atoms with Crippen LogP contribution < -0.4 is 10.2 Å². The van der Waals surface area contributed by atoms with Crippen molar-refractivity contribution in [2.45, 2.75) is 37.8 Å². The number of nitrogens with one attached hydrogen (secondary N) is 1. The van der Waals surface area contributed by atoms with Crippen molar-refractivity contribution >= 4 is 44.0 Å². The Bertz CT molecular complexity index is 942. The summed E-state index contributed by atoms with van der Waals surface area (Å²) >= 11 is 2.19. The molecule has 6 nitrogen and oxygen atoms in total. The summed E-state index contributed by atoms with van der Waals surface area (Å²) in [5, 5.41) is 14.0. The van der Waals surface area contributed by atoms with E-state index in [1.54, 1.807) is 12.1 Å². The second-order valence-corrected chi connectivity index (χ2v) is 10.1. The maximum absolute atomic E-state index is 13.0. The lowest BCUT2D eigenvalue weighted by atomic mass is 10.2. The Labute approximate surface area is 187 Å². The second-order valence-electron chi connectivity index (χ2n) is 7.03. The molecule has 2 N–H and O–H groups in total. The first kappa shape index (κ1) is 22.3. The van der Waals surface area contributed by atoms with Gasteiger partial charge in [0, 0.05) is 35.3 Å². The van der Waals surface area contributed by atoms with Crippen molar-refractivity contribution in [3.63, 3.8) is 0 Å². The van der Waals surface area contributed by atoms with E-state index in [1.807, 2.05) is 44.2 Å². The third-order valence-corrected chi connectivity index (χ3v) is 8.28. The molecule has 158 valence electrons. The van der Waals surface area contributed by atoms with Gasteiger partial charge in [0.25, 0.3) is 0 Å². The number of anilines is 2. The Morgan fingerprint density at radius 3 is 2.41 bits per heavy atom. The lowest BCUT2D eigenvalue weighted by Gasteiger charge is -2.26. The lowest BCUT2D eigenvalue weighted by Crippen LogP contribution is -2.31. The van der Waals surface area contributed by atoms with Gasteiger partial charge in [0.1, 0.15) is 0 Å². The number of aliphatic hydroxyl groups excluding tert-OH is 1. The molecule has 0 saturated carbocycles. The summed E-state index contributed by atoms with van der Waals surface area (Å²) in [4.78, 5) is 2.47. The number of sulfonamides is 1. The van der Waals surface area contributed by atoms with Crippen molar-refractivity contribution in [3.8, 4) is 0 Å². The van der Waals surface area contributed by atoms with Crippen LogP contribution in [-0.2, 0) is 10.0 Å². The molecule has 0 spiro atoms. The molecule has 1 unspecified atom stereocenters. The molecule has 0 bridgehead atoms. The Morgan fingerprint density at radius 2 is 1.79 bits per heavy atom. The Balaban J connectivity index is 2.01. The molecule has 0 radical (unpaired) electrons. The fourth-order valence-corrected chi connectivity index (χ4v) is 5.83. The van der Waals surface area contributed by atoms with Crippen molar-refractivity contribution in [1.82, 2.24) is 4.31 Å². The van der Waals surface area contributed by atoms with Crippen LogP contribution in [0, 0.1) is 3.57 Å². The number of aliphatic hydroxyl groups is 1. The average molecular weight is 529 g/mol. The molecule has 3 rings (SSSR count). The summed E-state index contributed by atoms with van der Waals surface area (Å²) in [6, 6.07) is 12.8. The molecule has 1 heterocycles. The Hall–Kier alpha value is -1.36. The summed E-state index contributed by atoms with van der Waals surface area (Å²) in [6.45, 7) is 6.35. The Morgan fingerprint density at radius 1 is 1.14 bits per heavy atom. The predicted octanol–water partition coefficient (Wildman–Crippen LogP) is 4.02. The molecule has 1 aliphatic heterocycles. The summed E-state index contributed by atoms with van der Waals surface area (Å²) in [5.41, 5.74) is 2.32. The normalized spacial score (nSPS) is 15.7. The van der Waals surface area contributed by atoms with Gasteiger partial charge in [0.15, 0.2) is 6.23 Å². The number of hydrogen-bond acceptors (Lipinski definition) is 5. The van der Waals surface area contributed by atoms with E-state index >= 15 is 0 Å². The zero-order chi connectivity index (χ0) is 21.0. The molecular formula is C21H28IN3O3S. The maximum atomic E-state index is 13.0. The van der Waals surface area contributed by atoms with Gasteiger partial charge in [-0.3, -0.25) is 0 Å². The van der Waals surface area contributed by atoms with E-state index < -0.39 is 16.3 Å². The van der Waals surface area contributed by atoms with Crippen LogP contribution in [0.5, 0.6) is 0 Å². The van der Waals surface area contributed by atoms with Crippen LogP contribution in [-0.4, -0.2) is 44.0 Å². The van der Waals surface area contributed by atoms with Gasteiger partial charge in [-0.25, -0.2) is 8.42 Å². The maximum Gasteiger partial charge on any atom is 0.243 e. The van der Waals surface area contributed by atoms with Gasteiger partial charge in [-0.15, -0.1) is 0 Å². The molecule has 1 aliphatic rings. The van der Waals surface area contributed by atoms with E-state index in [-0.39, 0.29) is 4.90 Å². The van der Waals surface area contributed by atoms with E-state index in [2.05, 4.69) is 32.8 Å². The minimum atomic E-state index is -3.58. The molecule has 0 aliphatic carbocycles. The van der Waals surface area contributed by atoms with Gasteiger partial charge in [-0.05, 0) is 59.7 Å². The number of hydrogen-bond donors (Lipinski definition) is 2. The minimum absolute atomic E-state index is 0.238. The molecule has 1 atom stereocenters. The third kappa shape index (κ3) is 4.87. The van der Waals surface area contributed by atoms with E-state index in [0.717, 1.165) is 40.8 Å². The van der Waals surface area contributed by atoms with Gasteiger partial charge in [0.2, 0.25) is 10.0 Å². The van der Waals surface area contributed by atoms with Crippen molar-refractivity contribution < 1.29 is 13.5 Å². The van der Waals surface area contributed by atoms with Crippen molar-refractivity contribution in [2.75, 3.05) is 36.4 Å². The highest BCUT2D eigenvalue weighted by Crippen LogP contribution is 2.34. The highest BCUT2D eigenvalue weighted by atomic mass is 127. The van der Waals surface area contributed by atoms with Crippen molar-refractivity contribution in [1.29, 1.82) is 0 Å². The van der Waals surface area contributed by atoms with Crippen LogP contribution in [0.3, 0.4) is 0 Å². The number of rotatable bonds is 8. The Kier molecular flexibility index (Phi) is 7.42. The summed E-state index contributed by atoms with van der Waals surface area (Å²) in [5.74, 6) is 0. The fourth-order valence-electron chi connectivity index (χ4n) is 3.66. The van der Waals surface area contributed by atoms with Crippen LogP contribution in [0.25, 0.3) is 0 Å². The molecule has 1 saturated heterocycles. The van der Waals surface area contributed by atoms with E-state index in [9.17, 15) is 13.5 Å². The number of halogens is 1. The van der Waals surface area contributed by atoms with Gasteiger partial charge in [0.05, 0.1) is 16.3 Å². The summed E-state index contributed by atoms with van der Waals surface area (Å²) < 4.78 is 28.4. The molecule has 2 aromatic rings. The standard InChI is InChI=1S/C21H28IN3O3S/c1-3-25(4-2)29(27,28)16-11-12-20(24-13-7-8-14-24)19(15-16)23-21(26)17-9-5-6-10-18(17)22/h5-6,9-12,15,21,23,26H,3-4,7-8,13-14H2,1-2H3. The molecule has 1 fully saturated rings. The number of nitrogens with zero attached hydrogens (tertiary/aromatic N) is 2. The molecule has 0 aromatic heterocycles. The lowest BCUT2D eigenvalue weighted by molar-refractivity contribution is 0.207. The zero-order valence-corrected chi connectivity index (χ0v) is 19.8. The smallest absolute Gasteiger partial charge is 0.243 e. The van der Waals surface area contributed by atoms with E-state index in [4.69, 9.17) is 0 Å². The topological polar surface area (TPSA) is 72.9 Å². The monoisotopic (exact) mass is 529 g/mol. The van der Waals surface area contributed by atoms with Crippen molar-refractivity contribution in [2.24, 2.45) is 0 Å². The van der Waals surface area contributed by atoms with E-state index in [1.165, 1.54) is 4.31 Å². The fraction of sp³-hybridized carbons (Fsp3) is 0.429. The molecule has 2 aromatic carbocycles. The molecule has 29 heavy (non-hydrogen) atoms. The van der Waals surface area contributed by atoms with Crippen LogP contribution in [0.2, 0.25) is 0 Å². The quantitative estimate of drug-likeness (QED) is 0.399. The highest BCUT2D eigenvalue weighted by Gasteiger charge is 2.25. The van der Waals surface area contributed by atoms with Crippen molar-refractivity contribution in [3.05, 3.63) is 51.6 Å². The van der Waals surface area contributed by atoms with Gasteiger partial charge >= 0.3 is 0 Å². The summed E-state index contributed by atoms with van der Waals surface area (Å²) in [6.07, 6.45) is 1.28.